The summed E-state index contributed by atoms with van der Waals surface area (Å²) in [5, 5.41) is 4.98. The smallest absolute Gasteiger partial charge is 0.0906 e. The SMILES string of the molecule is C=C1C=C(Nn2c(C)c(C)c(C)c2C)/C(=N/n2c(C)c(C)c(C)c2C)C1. The van der Waals surface area contributed by atoms with Gasteiger partial charge in [0.2, 0.25) is 0 Å². The first-order valence-corrected chi connectivity index (χ1v) is 9.18. The van der Waals surface area contributed by atoms with Crippen LogP contribution in [0.3, 0.4) is 0 Å². The van der Waals surface area contributed by atoms with Crippen LogP contribution in [0.1, 0.15) is 51.5 Å². The first-order valence-electron chi connectivity index (χ1n) is 9.18. The van der Waals surface area contributed by atoms with E-state index in [1.807, 2.05) is 0 Å². The maximum Gasteiger partial charge on any atom is 0.0906 e. The lowest BCUT2D eigenvalue weighted by Crippen LogP contribution is -2.21. The summed E-state index contributed by atoms with van der Waals surface area (Å²) in [5.41, 5.74) is 16.9. The van der Waals surface area contributed by atoms with Crippen molar-refractivity contribution >= 4 is 5.71 Å². The van der Waals surface area contributed by atoms with Gasteiger partial charge in [0.25, 0.3) is 0 Å². The Balaban J connectivity index is 2.03. The minimum absolute atomic E-state index is 0.773. The Morgan fingerprint density at radius 1 is 0.808 bits per heavy atom. The van der Waals surface area contributed by atoms with Gasteiger partial charge in [-0.15, -0.1) is 0 Å². The van der Waals surface area contributed by atoms with Crippen LogP contribution < -0.4 is 5.43 Å². The van der Waals surface area contributed by atoms with E-state index in [0.717, 1.165) is 23.4 Å². The fraction of sp³-hybridized carbons (Fsp3) is 0.409. The normalized spacial score (nSPS) is 15.9. The highest BCUT2D eigenvalue weighted by molar-refractivity contribution is 6.06. The molecule has 4 heteroatoms. The van der Waals surface area contributed by atoms with Gasteiger partial charge in [-0.05, 0) is 89.3 Å². The first-order chi connectivity index (χ1) is 12.1. The van der Waals surface area contributed by atoms with E-state index in [2.05, 4.69) is 82.8 Å². The molecule has 0 saturated carbocycles. The van der Waals surface area contributed by atoms with Crippen LogP contribution in [-0.2, 0) is 0 Å². The van der Waals surface area contributed by atoms with Gasteiger partial charge >= 0.3 is 0 Å². The van der Waals surface area contributed by atoms with Gasteiger partial charge in [0.05, 0.1) is 11.4 Å². The van der Waals surface area contributed by atoms with Crippen LogP contribution in [0.2, 0.25) is 0 Å². The zero-order valence-electron chi connectivity index (χ0n) is 17.3. The van der Waals surface area contributed by atoms with Crippen LogP contribution in [0, 0.1) is 55.4 Å². The molecule has 0 amide bonds. The summed E-state index contributed by atoms with van der Waals surface area (Å²) in [4.78, 5) is 0. The maximum atomic E-state index is 4.98. The van der Waals surface area contributed by atoms with Crippen LogP contribution in [0.4, 0.5) is 0 Å². The lowest BCUT2D eigenvalue weighted by molar-refractivity contribution is 0.801. The summed E-state index contributed by atoms with van der Waals surface area (Å²) in [6.07, 6.45) is 2.88. The van der Waals surface area contributed by atoms with E-state index in [4.69, 9.17) is 5.10 Å². The van der Waals surface area contributed by atoms with Gasteiger partial charge in [-0.1, -0.05) is 6.58 Å². The molecular formula is C22H30N4. The molecule has 0 fully saturated rings. The summed E-state index contributed by atoms with van der Waals surface area (Å²) in [6, 6.07) is 0. The van der Waals surface area contributed by atoms with E-state index in [9.17, 15) is 0 Å². The zero-order valence-corrected chi connectivity index (χ0v) is 17.3. The molecule has 0 saturated heterocycles. The number of aromatic nitrogens is 2. The summed E-state index contributed by atoms with van der Waals surface area (Å²) >= 11 is 0. The molecular weight excluding hydrogens is 320 g/mol. The molecule has 0 radical (unpaired) electrons. The van der Waals surface area contributed by atoms with Crippen molar-refractivity contribution in [3.8, 4) is 0 Å². The fourth-order valence-electron chi connectivity index (χ4n) is 3.64. The molecule has 2 aromatic heterocycles. The molecule has 4 nitrogen and oxygen atoms in total. The Morgan fingerprint density at radius 2 is 1.27 bits per heavy atom. The van der Waals surface area contributed by atoms with Crippen molar-refractivity contribution in [2.45, 2.75) is 61.8 Å². The molecule has 0 atom stereocenters. The van der Waals surface area contributed by atoms with Crippen molar-refractivity contribution in [2.24, 2.45) is 5.10 Å². The second kappa shape index (κ2) is 6.35. The average Bonchev–Trinajstić information content (AvgIpc) is 3.11. The van der Waals surface area contributed by atoms with Crippen molar-refractivity contribution in [2.75, 3.05) is 5.43 Å². The topological polar surface area (TPSA) is 34.2 Å². The highest BCUT2D eigenvalue weighted by atomic mass is 15.4. The van der Waals surface area contributed by atoms with Gasteiger partial charge in [-0.2, -0.15) is 5.10 Å². The fourth-order valence-corrected chi connectivity index (χ4v) is 3.64. The quantitative estimate of drug-likeness (QED) is 0.826. The Bertz CT molecular complexity index is 926. The molecule has 1 N–H and O–H groups in total. The second-order valence-electron chi connectivity index (χ2n) is 7.54. The molecule has 0 bridgehead atoms. The molecule has 138 valence electrons. The predicted molar refractivity (Wildman–Crippen MR) is 111 cm³/mol. The van der Waals surface area contributed by atoms with Crippen molar-refractivity contribution in [3.63, 3.8) is 0 Å². The molecule has 1 aliphatic carbocycles. The Labute approximate surface area is 156 Å². The molecule has 2 aromatic rings. The number of hydrogen-bond acceptors (Lipinski definition) is 2. The van der Waals surface area contributed by atoms with Gasteiger partial charge in [0.1, 0.15) is 0 Å². The summed E-state index contributed by atoms with van der Waals surface area (Å²) < 4.78 is 4.23. The third kappa shape index (κ3) is 2.74. The van der Waals surface area contributed by atoms with Crippen LogP contribution >= 0.6 is 0 Å². The molecule has 1 aliphatic rings. The van der Waals surface area contributed by atoms with E-state index in [1.165, 1.54) is 45.0 Å². The van der Waals surface area contributed by atoms with Crippen molar-refractivity contribution < 1.29 is 0 Å². The molecule has 26 heavy (non-hydrogen) atoms. The summed E-state index contributed by atoms with van der Waals surface area (Å²) in [5.74, 6) is 0. The van der Waals surface area contributed by atoms with Crippen LogP contribution in [-0.4, -0.2) is 15.1 Å². The van der Waals surface area contributed by atoms with Crippen LogP contribution in [0.5, 0.6) is 0 Å². The number of hydrogen-bond donors (Lipinski definition) is 1. The number of rotatable bonds is 3. The van der Waals surface area contributed by atoms with Crippen LogP contribution in [0.15, 0.2) is 29.0 Å². The summed E-state index contributed by atoms with van der Waals surface area (Å²) in [6.45, 7) is 21.4. The molecule has 0 aromatic carbocycles. The number of allylic oxidation sites excluding steroid dienone is 3. The Morgan fingerprint density at radius 3 is 1.77 bits per heavy atom. The highest BCUT2D eigenvalue weighted by Crippen LogP contribution is 2.25. The van der Waals surface area contributed by atoms with E-state index in [-0.39, 0.29) is 0 Å². The summed E-state index contributed by atoms with van der Waals surface area (Å²) in [7, 11) is 0. The zero-order chi connectivity index (χ0) is 19.3. The Kier molecular flexibility index (Phi) is 4.47. The van der Waals surface area contributed by atoms with E-state index in [1.54, 1.807) is 0 Å². The molecule has 0 aliphatic heterocycles. The number of nitrogens with zero attached hydrogens (tertiary/aromatic N) is 3. The van der Waals surface area contributed by atoms with Crippen molar-refractivity contribution in [1.82, 2.24) is 9.35 Å². The van der Waals surface area contributed by atoms with Gasteiger partial charge in [-0.3, -0.25) is 10.1 Å². The third-order valence-corrected chi connectivity index (χ3v) is 6.11. The molecule has 0 spiro atoms. The van der Waals surface area contributed by atoms with Gasteiger partial charge in [0, 0.05) is 29.2 Å². The molecule has 0 unspecified atom stereocenters. The maximum absolute atomic E-state index is 4.98. The lowest BCUT2D eigenvalue weighted by atomic mass is 10.2. The van der Waals surface area contributed by atoms with Crippen molar-refractivity contribution in [3.05, 3.63) is 69.0 Å². The third-order valence-electron chi connectivity index (χ3n) is 6.11. The van der Waals surface area contributed by atoms with E-state index >= 15 is 0 Å². The van der Waals surface area contributed by atoms with Gasteiger partial charge in [0.15, 0.2) is 0 Å². The number of nitrogens with one attached hydrogen (secondary N) is 1. The van der Waals surface area contributed by atoms with E-state index in [0.29, 0.717) is 0 Å². The second-order valence-corrected chi connectivity index (χ2v) is 7.54. The minimum Gasteiger partial charge on any atom is -0.292 e. The predicted octanol–water partition coefficient (Wildman–Crippen LogP) is 5.05. The standard InChI is InChI=1S/C22H30N4/c1-12-10-21(23-25-17(6)13(2)14(3)18(25)7)22(11-12)24-26-19(8)15(4)16(5)20(26)9/h10,23H,1,11H2,2-9H3/b24-22+. The molecule has 3 rings (SSSR count). The highest BCUT2D eigenvalue weighted by Gasteiger charge is 2.21. The van der Waals surface area contributed by atoms with Gasteiger partial charge < -0.3 is 0 Å². The van der Waals surface area contributed by atoms with Crippen molar-refractivity contribution in [1.29, 1.82) is 0 Å². The Hall–Kier alpha value is -2.49. The molecule has 2 heterocycles. The first kappa shape index (κ1) is 18.3. The average molecular weight is 351 g/mol. The van der Waals surface area contributed by atoms with E-state index < -0.39 is 0 Å². The minimum atomic E-state index is 0.773. The van der Waals surface area contributed by atoms with Crippen LogP contribution in [0.25, 0.3) is 0 Å². The monoisotopic (exact) mass is 350 g/mol. The lowest BCUT2D eigenvalue weighted by Gasteiger charge is -2.15. The largest absolute Gasteiger partial charge is 0.292 e. The van der Waals surface area contributed by atoms with Gasteiger partial charge in [-0.25, -0.2) is 4.68 Å².